The van der Waals surface area contributed by atoms with E-state index in [0.29, 0.717) is 0 Å². The van der Waals surface area contributed by atoms with Crippen LogP contribution in [-0.2, 0) is 5.41 Å². The Labute approximate surface area is 197 Å². The molecule has 0 atom stereocenters. The smallest absolute Gasteiger partial charge is 0.0982 e. The highest BCUT2D eigenvalue weighted by atomic mass is 15.0. The molecule has 0 aliphatic carbocycles. The summed E-state index contributed by atoms with van der Waals surface area (Å²) in [6, 6.07) is 27.5. The molecule has 162 valence electrons. The number of fused-ring (bicyclic) bond motifs is 5. The SMILES string of the molecule is CC1(C)c2c(cc(-c3ccccc3)nc2-c2ccccc2)-n2c3ccncc3c3nccc1c32. The van der Waals surface area contributed by atoms with Gasteiger partial charge in [0.15, 0.2) is 0 Å². The van der Waals surface area contributed by atoms with Crippen molar-refractivity contribution in [1.82, 2.24) is 19.5 Å². The van der Waals surface area contributed by atoms with Gasteiger partial charge in [0.2, 0.25) is 0 Å². The first-order valence-electron chi connectivity index (χ1n) is 11.5. The zero-order valence-corrected chi connectivity index (χ0v) is 19.0. The van der Waals surface area contributed by atoms with Gasteiger partial charge in [-0.25, -0.2) is 4.98 Å². The fourth-order valence-electron chi connectivity index (χ4n) is 5.54. The molecule has 6 aromatic rings. The van der Waals surface area contributed by atoms with Crippen LogP contribution >= 0.6 is 0 Å². The Hall–Kier alpha value is -4.31. The van der Waals surface area contributed by atoms with E-state index in [-0.39, 0.29) is 5.41 Å². The highest BCUT2D eigenvalue weighted by Crippen LogP contribution is 2.50. The average Bonchev–Trinajstić information content (AvgIpc) is 3.23. The van der Waals surface area contributed by atoms with Crippen LogP contribution in [0.4, 0.5) is 0 Å². The molecule has 0 fully saturated rings. The Morgan fingerprint density at radius 3 is 2.29 bits per heavy atom. The van der Waals surface area contributed by atoms with E-state index in [9.17, 15) is 0 Å². The van der Waals surface area contributed by atoms with Crippen LogP contribution in [0.5, 0.6) is 0 Å². The van der Waals surface area contributed by atoms with E-state index in [1.807, 2.05) is 24.7 Å². The maximum atomic E-state index is 5.28. The molecular formula is C30H22N4. The van der Waals surface area contributed by atoms with E-state index < -0.39 is 0 Å². The Morgan fingerprint density at radius 1 is 0.794 bits per heavy atom. The van der Waals surface area contributed by atoms with E-state index in [0.717, 1.165) is 50.1 Å². The molecule has 0 saturated carbocycles. The van der Waals surface area contributed by atoms with Crippen molar-refractivity contribution in [1.29, 1.82) is 0 Å². The normalized spacial score (nSPS) is 13.8. The van der Waals surface area contributed by atoms with E-state index in [1.165, 1.54) is 11.1 Å². The Balaban J connectivity index is 1.70. The minimum Gasteiger partial charge on any atom is -0.307 e. The van der Waals surface area contributed by atoms with Crippen molar-refractivity contribution in [3.8, 4) is 28.2 Å². The molecule has 0 bridgehead atoms. The zero-order valence-electron chi connectivity index (χ0n) is 19.0. The summed E-state index contributed by atoms with van der Waals surface area (Å²) in [6.45, 7) is 4.60. The van der Waals surface area contributed by atoms with Crippen molar-refractivity contribution in [2.24, 2.45) is 0 Å². The van der Waals surface area contributed by atoms with Gasteiger partial charge in [-0.15, -0.1) is 0 Å². The number of rotatable bonds is 2. The van der Waals surface area contributed by atoms with Crippen LogP contribution in [0.15, 0.2) is 97.5 Å². The van der Waals surface area contributed by atoms with Crippen LogP contribution < -0.4 is 0 Å². The van der Waals surface area contributed by atoms with Crippen molar-refractivity contribution >= 4 is 21.9 Å². The molecule has 7 rings (SSSR count). The van der Waals surface area contributed by atoms with Crippen molar-refractivity contribution < 1.29 is 0 Å². The molecule has 5 heterocycles. The number of nitrogens with zero attached hydrogens (tertiary/aromatic N) is 4. The second-order valence-corrected chi connectivity index (χ2v) is 9.39. The predicted molar refractivity (Wildman–Crippen MR) is 137 cm³/mol. The third-order valence-corrected chi connectivity index (χ3v) is 7.10. The first kappa shape index (κ1) is 19.2. The summed E-state index contributed by atoms with van der Waals surface area (Å²) >= 11 is 0. The van der Waals surface area contributed by atoms with Gasteiger partial charge in [0.25, 0.3) is 0 Å². The number of hydrogen-bond donors (Lipinski definition) is 0. The minimum atomic E-state index is -0.262. The first-order chi connectivity index (χ1) is 16.6. The summed E-state index contributed by atoms with van der Waals surface area (Å²) in [6.07, 6.45) is 5.72. The molecule has 34 heavy (non-hydrogen) atoms. The molecule has 0 N–H and O–H groups in total. The molecule has 1 aliphatic heterocycles. The highest BCUT2D eigenvalue weighted by Gasteiger charge is 2.38. The highest BCUT2D eigenvalue weighted by molar-refractivity contribution is 6.09. The Kier molecular flexibility index (Phi) is 3.86. The van der Waals surface area contributed by atoms with Gasteiger partial charge in [-0.2, -0.15) is 0 Å². The molecule has 4 aromatic heterocycles. The second kappa shape index (κ2) is 6.84. The molecule has 4 heteroatoms. The summed E-state index contributed by atoms with van der Waals surface area (Å²) in [5, 5.41) is 1.07. The third kappa shape index (κ3) is 2.51. The van der Waals surface area contributed by atoms with E-state index >= 15 is 0 Å². The van der Waals surface area contributed by atoms with Gasteiger partial charge in [0.1, 0.15) is 0 Å². The van der Waals surface area contributed by atoms with Crippen molar-refractivity contribution in [2.75, 3.05) is 0 Å². The first-order valence-corrected chi connectivity index (χ1v) is 11.5. The lowest BCUT2D eigenvalue weighted by molar-refractivity contribution is 0.628. The summed E-state index contributed by atoms with van der Waals surface area (Å²) in [5.74, 6) is 0. The average molecular weight is 439 g/mol. The standard InChI is InChI=1S/C30H22N4/c1-30(2)22-13-16-32-28-21-18-31-15-14-24(21)34(29(22)28)25-17-23(19-9-5-3-6-10-19)33-27(26(25)30)20-11-7-4-8-12-20/h3-18H,1-2H3. The minimum absolute atomic E-state index is 0.262. The Morgan fingerprint density at radius 2 is 1.53 bits per heavy atom. The Bertz CT molecular complexity index is 1710. The molecule has 2 aromatic carbocycles. The van der Waals surface area contributed by atoms with E-state index in [1.54, 1.807) is 0 Å². The molecular weight excluding hydrogens is 416 g/mol. The van der Waals surface area contributed by atoms with Crippen molar-refractivity contribution in [3.05, 3.63) is 109 Å². The van der Waals surface area contributed by atoms with E-state index in [2.05, 4.69) is 96.2 Å². The number of aromatic nitrogens is 4. The van der Waals surface area contributed by atoms with Crippen molar-refractivity contribution in [2.45, 2.75) is 19.3 Å². The number of hydrogen-bond acceptors (Lipinski definition) is 3. The van der Waals surface area contributed by atoms with Gasteiger partial charge in [-0.3, -0.25) is 9.97 Å². The summed E-state index contributed by atoms with van der Waals surface area (Å²) in [7, 11) is 0. The lowest BCUT2D eigenvalue weighted by atomic mass is 9.73. The van der Waals surface area contributed by atoms with Crippen LogP contribution in [-0.4, -0.2) is 19.5 Å². The summed E-state index contributed by atoms with van der Waals surface area (Å²) in [5.41, 5.74) is 10.9. The van der Waals surface area contributed by atoms with Gasteiger partial charge >= 0.3 is 0 Å². The van der Waals surface area contributed by atoms with Gasteiger partial charge in [-0.1, -0.05) is 74.5 Å². The quantitative estimate of drug-likeness (QED) is 0.294. The van der Waals surface area contributed by atoms with Crippen LogP contribution in [0.3, 0.4) is 0 Å². The molecule has 0 spiro atoms. The number of pyridine rings is 3. The maximum Gasteiger partial charge on any atom is 0.0982 e. The van der Waals surface area contributed by atoms with Gasteiger partial charge < -0.3 is 4.57 Å². The zero-order chi connectivity index (χ0) is 22.9. The van der Waals surface area contributed by atoms with Crippen LogP contribution in [0.1, 0.15) is 25.0 Å². The molecule has 0 unspecified atom stereocenters. The van der Waals surface area contributed by atoms with Crippen LogP contribution in [0.2, 0.25) is 0 Å². The lowest BCUT2D eigenvalue weighted by Crippen LogP contribution is -2.28. The van der Waals surface area contributed by atoms with Crippen LogP contribution in [0.25, 0.3) is 50.1 Å². The summed E-state index contributed by atoms with van der Waals surface area (Å²) < 4.78 is 2.37. The fourth-order valence-corrected chi connectivity index (χ4v) is 5.54. The molecule has 0 radical (unpaired) electrons. The second-order valence-electron chi connectivity index (χ2n) is 9.39. The predicted octanol–water partition coefficient (Wildman–Crippen LogP) is 6.94. The van der Waals surface area contributed by atoms with Crippen molar-refractivity contribution in [3.63, 3.8) is 0 Å². The lowest BCUT2D eigenvalue weighted by Gasteiger charge is -2.36. The van der Waals surface area contributed by atoms with Gasteiger partial charge in [0.05, 0.1) is 33.6 Å². The fraction of sp³-hybridized carbons (Fsp3) is 0.100. The molecule has 0 saturated heterocycles. The number of benzene rings is 2. The largest absolute Gasteiger partial charge is 0.307 e. The van der Waals surface area contributed by atoms with Crippen LogP contribution in [0, 0.1) is 0 Å². The summed E-state index contributed by atoms with van der Waals surface area (Å²) in [4.78, 5) is 14.5. The molecule has 0 amide bonds. The topological polar surface area (TPSA) is 43.6 Å². The monoisotopic (exact) mass is 438 g/mol. The van der Waals surface area contributed by atoms with E-state index in [4.69, 9.17) is 9.97 Å². The molecule has 1 aliphatic rings. The van der Waals surface area contributed by atoms with Gasteiger partial charge in [-0.05, 0) is 23.8 Å². The maximum absolute atomic E-state index is 5.28. The third-order valence-electron chi connectivity index (χ3n) is 7.10. The molecule has 4 nitrogen and oxygen atoms in total. The van der Waals surface area contributed by atoms with Gasteiger partial charge in [0, 0.05) is 46.1 Å².